The van der Waals surface area contributed by atoms with Crippen LogP contribution in [-0.4, -0.2) is 44.9 Å². The molecule has 1 saturated heterocycles. The summed E-state index contributed by atoms with van der Waals surface area (Å²) in [4.78, 5) is 4.22. The van der Waals surface area contributed by atoms with Crippen molar-refractivity contribution in [3.63, 3.8) is 0 Å². The van der Waals surface area contributed by atoms with Gasteiger partial charge in [-0.3, -0.25) is 4.99 Å². The standard InChI is InChI=1S/C16H24BrN3O2/c1-12(22-15-8-4-3-7-14(15)17)10-19-16(18-2)20-11-13-6-5-9-21-13/h3-4,7-8,12-13H,5-6,9-11H2,1-2H3,(H2,18,19,20). The maximum absolute atomic E-state index is 5.90. The number of hydrogen-bond donors (Lipinski definition) is 2. The highest BCUT2D eigenvalue weighted by Gasteiger charge is 2.15. The Labute approximate surface area is 140 Å². The Balaban J connectivity index is 1.71. The maximum atomic E-state index is 5.90. The zero-order chi connectivity index (χ0) is 15.8. The molecule has 5 nitrogen and oxygen atoms in total. The van der Waals surface area contributed by atoms with E-state index in [4.69, 9.17) is 9.47 Å². The van der Waals surface area contributed by atoms with Gasteiger partial charge in [-0.25, -0.2) is 0 Å². The summed E-state index contributed by atoms with van der Waals surface area (Å²) in [5.74, 6) is 1.62. The molecule has 0 aromatic heterocycles. The highest BCUT2D eigenvalue weighted by molar-refractivity contribution is 9.10. The summed E-state index contributed by atoms with van der Waals surface area (Å²) in [5, 5.41) is 6.57. The van der Waals surface area contributed by atoms with Crippen LogP contribution in [0.25, 0.3) is 0 Å². The molecule has 0 radical (unpaired) electrons. The summed E-state index contributed by atoms with van der Waals surface area (Å²) >= 11 is 3.49. The molecule has 1 heterocycles. The van der Waals surface area contributed by atoms with E-state index >= 15 is 0 Å². The Morgan fingerprint density at radius 2 is 2.27 bits per heavy atom. The van der Waals surface area contributed by atoms with Crippen molar-refractivity contribution in [3.05, 3.63) is 28.7 Å². The van der Waals surface area contributed by atoms with Crippen molar-refractivity contribution in [2.75, 3.05) is 26.7 Å². The Hall–Kier alpha value is -1.27. The van der Waals surface area contributed by atoms with E-state index in [-0.39, 0.29) is 6.10 Å². The molecule has 1 fully saturated rings. The predicted octanol–water partition coefficient (Wildman–Crippen LogP) is 2.56. The molecule has 2 unspecified atom stereocenters. The van der Waals surface area contributed by atoms with E-state index in [1.165, 1.54) is 0 Å². The molecule has 0 saturated carbocycles. The molecule has 0 bridgehead atoms. The fraction of sp³-hybridized carbons (Fsp3) is 0.562. The van der Waals surface area contributed by atoms with Crippen LogP contribution >= 0.6 is 15.9 Å². The Kier molecular flexibility index (Phi) is 6.99. The summed E-state index contributed by atoms with van der Waals surface area (Å²) in [6, 6.07) is 7.85. The van der Waals surface area contributed by atoms with Crippen LogP contribution < -0.4 is 15.4 Å². The number of aliphatic imine (C=N–C) groups is 1. The number of guanidine groups is 1. The summed E-state index contributed by atoms with van der Waals surface area (Å²) in [7, 11) is 1.77. The first-order chi connectivity index (χ1) is 10.7. The Bertz CT molecular complexity index is 490. The molecule has 2 rings (SSSR count). The van der Waals surface area contributed by atoms with Crippen LogP contribution in [-0.2, 0) is 4.74 Å². The molecular weight excluding hydrogens is 346 g/mol. The third-order valence-corrected chi connectivity index (χ3v) is 4.12. The highest BCUT2D eigenvalue weighted by Crippen LogP contribution is 2.24. The molecule has 1 aliphatic heterocycles. The highest BCUT2D eigenvalue weighted by atomic mass is 79.9. The summed E-state index contributed by atoms with van der Waals surface area (Å²) in [6.07, 6.45) is 2.59. The van der Waals surface area contributed by atoms with Crippen LogP contribution in [0.5, 0.6) is 5.75 Å². The summed E-state index contributed by atoms with van der Waals surface area (Å²) in [6.45, 7) is 4.36. The molecule has 1 aromatic carbocycles. The van der Waals surface area contributed by atoms with Crippen molar-refractivity contribution in [2.24, 2.45) is 4.99 Å². The van der Waals surface area contributed by atoms with Gasteiger partial charge in [0.1, 0.15) is 11.9 Å². The van der Waals surface area contributed by atoms with Crippen LogP contribution in [0.1, 0.15) is 19.8 Å². The minimum Gasteiger partial charge on any atom is -0.488 e. The zero-order valence-electron chi connectivity index (χ0n) is 13.1. The number of halogens is 1. The van der Waals surface area contributed by atoms with Crippen molar-refractivity contribution in [3.8, 4) is 5.75 Å². The van der Waals surface area contributed by atoms with E-state index in [0.717, 1.165) is 42.2 Å². The minimum atomic E-state index is 0.0278. The smallest absolute Gasteiger partial charge is 0.191 e. The quantitative estimate of drug-likeness (QED) is 0.597. The lowest BCUT2D eigenvalue weighted by Gasteiger charge is -2.19. The SMILES string of the molecule is CN=C(NCC(C)Oc1ccccc1Br)NCC1CCCO1. The fourth-order valence-corrected chi connectivity index (χ4v) is 2.65. The molecule has 2 atom stereocenters. The summed E-state index contributed by atoms with van der Waals surface area (Å²) < 4.78 is 12.5. The average molecular weight is 370 g/mol. The van der Waals surface area contributed by atoms with E-state index in [0.29, 0.717) is 12.6 Å². The van der Waals surface area contributed by atoms with Crippen LogP contribution in [0.2, 0.25) is 0 Å². The van der Waals surface area contributed by atoms with Crippen LogP contribution in [0.15, 0.2) is 33.7 Å². The van der Waals surface area contributed by atoms with Gasteiger partial charge in [-0.2, -0.15) is 0 Å². The van der Waals surface area contributed by atoms with Gasteiger partial charge in [0.15, 0.2) is 5.96 Å². The molecule has 0 amide bonds. The number of benzene rings is 1. The van der Waals surface area contributed by atoms with Crippen molar-refractivity contribution >= 4 is 21.9 Å². The van der Waals surface area contributed by atoms with Crippen LogP contribution in [0, 0.1) is 0 Å². The number of ether oxygens (including phenoxy) is 2. The third-order valence-electron chi connectivity index (χ3n) is 3.47. The molecule has 0 spiro atoms. The van der Waals surface area contributed by atoms with Crippen molar-refractivity contribution < 1.29 is 9.47 Å². The van der Waals surface area contributed by atoms with E-state index < -0.39 is 0 Å². The second-order valence-corrected chi connectivity index (χ2v) is 6.18. The van der Waals surface area contributed by atoms with Gasteiger partial charge < -0.3 is 20.1 Å². The first-order valence-electron chi connectivity index (χ1n) is 7.66. The van der Waals surface area contributed by atoms with E-state index in [1.54, 1.807) is 7.05 Å². The lowest BCUT2D eigenvalue weighted by atomic mass is 10.2. The molecule has 6 heteroatoms. The second-order valence-electron chi connectivity index (χ2n) is 5.33. The molecular formula is C16H24BrN3O2. The van der Waals surface area contributed by atoms with Gasteiger partial charge >= 0.3 is 0 Å². The number of nitrogens with one attached hydrogen (secondary N) is 2. The molecule has 1 aliphatic rings. The Morgan fingerprint density at radius 1 is 1.45 bits per heavy atom. The maximum Gasteiger partial charge on any atom is 0.191 e. The Morgan fingerprint density at radius 3 is 2.95 bits per heavy atom. The largest absolute Gasteiger partial charge is 0.488 e. The normalized spacial score (nSPS) is 19.8. The third kappa shape index (κ3) is 5.50. The monoisotopic (exact) mass is 369 g/mol. The zero-order valence-corrected chi connectivity index (χ0v) is 14.7. The van der Waals surface area contributed by atoms with Gasteiger partial charge in [-0.1, -0.05) is 12.1 Å². The number of para-hydroxylation sites is 1. The van der Waals surface area contributed by atoms with E-state index in [2.05, 4.69) is 31.6 Å². The van der Waals surface area contributed by atoms with Gasteiger partial charge in [0.25, 0.3) is 0 Å². The van der Waals surface area contributed by atoms with E-state index in [1.807, 2.05) is 31.2 Å². The lowest BCUT2D eigenvalue weighted by Crippen LogP contribution is -2.44. The molecule has 122 valence electrons. The van der Waals surface area contributed by atoms with Crippen LogP contribution in [0.4, 0.5) is 0 Å². The fourth-order valence-electron chi connectivity index (χ4n) is 2.28. The van der Waals surface area contributed by atoms with Gasteiger partial charge in [-0.15, -0.1) is 0 Å². The van der Waals surface area contributed by atoms with Gasteiger partial charge in [0.05, 0.1) is 17.1 Å². The van der Waals surface area contributed by atoms with Gasteiger partial charge in [0.2, 0.25) is 0 Å². The van der Waals surface area contributed by atoms with E-state index in [9.17, 15) is 0 Å². The van der Waals surface area contributed by atoms with Gasteiger partial charge in [0, 0.05) is 20.2 Å². The van der Waals surface area contributed by atoms with Crippen molar-refractivity contribution in [1.82, 2.24) is 10.6 Å². The van der Waals surface area contributed by atoms with Crippen LogP contribution in [0.3, 0.4) is 0 Å². The first-order valence-corrected chi connectivity index (χ1v) is 8.45. The molecule has 0 aliphatic carbocycles. The summed E-state index contributed by atoms with van der Waals surface area (Å²) in [5.41, 5.74) is 0. The first kappa shape index (κ1) is 17.1. The van der Waals surface area contributed by atoms with Crippen molar-refractivity contribution in [1.29, 1.82) is 0 Å². The second kappa shape index (κ2) is 9.00. The number of nitrogens with zero attached hydrogens (tertiary/aromatic N) is 1. The number of rotatable bonds is 6. The molecule has 22 heavy (non-hydrogen) atoms. The number of hydrogen-bond acceptors (Lipinski definition) is 3. The predicted molar refractivity (Wildman–Crippen MR) is 92.6 cm³/mol. The lowest BCUT2D eigenvalue weighted by molar-refractivity contribution is 0.113. The average Bonchev–Trinajstić information content (AvgIpc) is 3.03. The minimum absolute atomic E-state index is 0.0278. The topological polar surface area (TPSA) is 54.9 Å². The molecule has 2 N–H and O–H groups in total. The molecule has 1 aromatic rings. The van der Waals surface area contributed by atoms with Gasteiger partial charge in [-0.05, 0) is 47.8 Å². The van der Waals surface area contributed by atoms with Crippen molar-refractivity contribution in [2.45, 2.75) is 32.0 Å².